The molecule has 0 radical (unpaired) electrons. The van der Waals surface area contributed by atoms with Crippen LogP contribution in [0, 0.1) is 17.0 Å². The first-order chi connectivity index (χ1) is 13.5. The molecule has 0 bridgehead atoms. The molecule has 0 saturated heterocycles. The number of nitro benzene ring substituents is 1. The van der Waals surface area contributed by atoms with E-state index in [9.17, 15) is 14.9 Å². The van der Waals surface area contributed by atoms with Crippen LogP contribution in [0.1, 0.15) is 18.1 Å². The Hall–Kier alpha value is -3.29. The smallest absolute Gasteiger partial charge is 0.272 e. The van der Waals surface area contributed by atoms with Crippen molar-refractivity contribution in [3.8, 4) is 17.2 Å². The van der Waals surface area contributed by atoms with Crippen molar-refractivity contribution in [3.63, 3.8) is 0 Å². The lowest BCUT2D eigenvalue weighted by atomic mass is 10.1. The van der Waals surface area contributed by atoms with E-state index in [4.69, 9.17) is 14.2 Å². The fourth-order valence-electron chi connectivity index (χ4n) is 2.94. The fraction of sp³-hybridized carbons (Fsp3) is 0.350. The second-order valence-electron chi connectivity index (χ2n) is 6.38. The molecule has 1 aliphatic rings. The van der Waals surface area contributed by atoms with E-state index in [-0.39, 0.29) is 18.2 Å². The number of fused-ring (bicyclic) bond motifs is 1. The molecule has 8 nitrogen and oxygen atoms in total. The molecule has 0 spiro atoms. The Morgan fingerprint density at radius 1 is 1.18 bits per heavy atom. The first-order valence-electron chi connectivity index (χ1n) is 9.02. The molecule has 28 heavy (non-hydrogen) atoms. The van der Waals surface area contributed by atoms with Crippen LogP contribution >= 0.6 is 0 Å². The van der Waals surface area contributed by atoms with Crippen LogP contribution in [0.2, 0.25) is 0 Å². The lowest BCUT2D eigenvalue weighted by molar-refractivity contribution is -0.385. The van der Waals surface area contributed by atoms with Gasteiger partial charge in [0.1, 0.15) is 19.0 Å². The first kappa shape index (κ1) is 19.5. The van der Waals surface area contributed by atoms with E-state index in [0.29, 0.717) is 49.1 Å². The predicted molar refractivity (Wildman–Crippen MR) is 102 cm³/mol. The van der Waals surface area contributed by atoms with Crippen LogP contribution < -0.4 is 14.2 Å². The molecule has 0 aromatic heterocycles. The third kappa shape index (κ3) is 4.51. The van der Waals surface area contributed by atoms with Crippen molar-refractivity contribution in [2.24, 2.45) is 0 Å². The summed E-state index contributed by atoms with van der Waals surface area (Å²) in [6.07, 6.45) is 0. The molecule has 1 amide bonds. The van der Waals surface area contributed by atoms with Crippen molar-refractivity contribution in [1.29, 1.82) is 0 Å². The molecule has 1 aliphatic heterocycles. The third-order valence-corrected chi connectivity index (χ3v) is 4.44. The second-order valence-corrected chi connectivity index (χ2v) is 6.38. The Bertz CT molecular complexity index is 883. The molecule has 0 saturated carbocycles. The maximum atomic E-state index is 12.5. The van der Waals surface area contributed by atoms with Gasteiger partial charge in [-0.1, -0.05) is 6.07 Å². The SMILES string of the molecule is CCN(Cc1ccc2c(c1)OCCO2)C(=O)COc1ccc([N+](=O)[O-])c(C)c1. The van der Waals surface area contributed by atoms with Crippen molar-refractivity contribution < 1.29 is 23.9 Å². The molecular weight excluding hydrogens is 364 g/mol. The lowest BCUT2D eigenvalue weighted by Crippen LogP contribution is -2.34. The molecule has 1 heterocycles. The van der Waals surface area contributed by atoms with Crippen molar-refractivity contribution in [3.05, 3.63) is 57.6 Å². The third-order valence-electron chi connectivity index (χ3n) is 4.44. The fourth-order valence-corrected chi connectivity index (χ4v) is 2.94. The molecule has 148 valence electrons. The van der Waals surface area contributed by atoms with Gasteiger partial charge in [-0.25, -0.2) is 0 Å². The van der Waals surface area contributed by atoms with Gasteiger partial charge in [-0.2, -0.15) is 0 Å². The molecule has 2 aromatic carbocycles. The van der Waals surface area contributed by atoms with Gasteiger partial charge in [0.2, 0.25) is 0 Å². The summed E-state index contributed by atoms with van der Waals surface area (Å²) >= 11 is 0. The monoisotopic (exact) mass is 386 g/mol. The van der Waals surface area contributed by atoms with Crippen molar-refractivity contribution in [1.82, 2.24) is 4.90 Å². The van der Waals surface area contributed by atoms with Crippen LogP contribution in [0.4, 0.5) is 5.69 Å². The van der Waals surface area contributed by atoms with E-state index in [1.807, 2.05) is 25.1 Å². The maximum absolute atomic E-state index is 12.5. The molecular formula is C20H22N2O6. The van der Waals surface area contributed by atoms with Gasteiger partial charge in [-0.15, -0.1) is 0 Å². The van der Waals surface area contributed by atoms with Gasteiger partial charge in [0.15, 0.2) is 18.1 Å². The number of rotatable bonds is 7. The van der Waals surface area contributed by atoms with Crippen molar-refractivity contribution >= 4 is 11.6 Å². The average molecular weight is 386 g/mol. The number of carbonyl (C=O) groups excluding carboxylic acids is 1. The normalized spacial score (nSPS) is 12.4. The number of ether oxygens (including phenoxy) is 3. The van der Waals surface area contributed by atoms with Crippen LogP contribution in [0.25, 0.3) is 0 Å². The predicted octanol–water partition coefficient (Wildman–Crippen LogP) is 3.10. The van der Waals surface area contributed by atoms with Gasteiger partial charge in [-0.05, 0) is 43.7 Å². The lowest BCUT2D eigenvalue weighted by Gasteiger charge is -2.23. The van der Waals surface area contributed by atoms with E-state index in [1.165, 1.54) is 12.1 Å². The summed E-state index contributed by atoms with van der Waals surface area (Å²) in [4.78, 5) is 24.6. The molecule has 2 aromatic rings. The van der Waals surface area contributed by atoms with Crippen LogP contribution in [-0.2, 0) is 11.3 Å². The first-order valence-corrected chi connectivity index (χ1v) is 9.02. The highest BCUT2D eigenvalue weighted by molar-refractivity contribution is 5.77. The number of carbonyl (C=O) groups is 1. The Morgan fingerprint density at radius 3 is 2.61 bits per heavy atom. The van der Waals surface area contributed by atoms with E-state index in [2.05, 4.69) is 0 Å². The Morgan fingerprint density at radius 2 is 1.93 bits per heavy atom. The maximum Gasteiger partial charge on any atom is 0.272 e. The average Bonchev–Trinajstić information content (AvgIpc) is 2.69. The van der Waals surface area contributed by atoms with E-state index in [1.54, 1.807) is 17.9 Å². The topological polar surface area (TPSA) is 91.1 Å². The standard InChI is InChI=1S/C20H22N2O6/c1-3-21(12-15-4-7-18-19(11-15)27-9-8-26-18)20(23)13-28-16-5-6-17(22(24)25)14(2)10-16/h4-7,10-11H,3,8-9,12-13H2,1-2H3. The highest BCUT2D eigenvalue weighted by Gasteiger charge is 2.17. The minimum absolute atomic E-state index is 0.0208. The molecule has 0 N–H and O–H groups in total. The van der Waals surface area contributed by atoms with Gasteiger partial charge in [-0.3, -0.25) is 14.9 Å². The number of hydrogen-bond acceptors (Lipinski definition) is 6. The second kappa shape index (κ2) is 8.60. The zero-order valence-corrected chi connectivity index (χ0v) is 15.8. The number of aryl methyl sites for hydroxylation is 1. The van der Waals surface area contributed by atoms with Crippen LogP contribution in [0.5, 0.6) is 17.2 Å². The van der Waals surface area contributed by atoms with E-state index < -0.39 is 4.92 Å². The number of hydrogen-bond donors (Lipinski definition) is 0. The Kier molecular flexibility index (Phi) is 5.98. The summed E-state index contributed by atoms with van der Waals surface area (Å²) in [7, 11) is 0. The molecule has 0 unspecified atom stereocenters. The number of nitro groups is 1. The zero-order chi connectivity index (χ0) is 20.1. The largest absolute Gasteiger partial charge is 0.486 e. The molecule has 0 atom stereocenters. The molecule has 3 rings (SSSR count). The van der Waals surface area contributed by atoms with E-state index in [0.717, 1.165) is 5.56 Å². The van der Waals surface area contributed by atoms with Gasteiger partial charge in [0.25, 0.3) is 11.6 Å². The number of benzene rings is 2. The van der Waals surface area contributed by atoms with Crippen molar-refractivity contribution in [2.45, 2.75) is 20.4 Å². The van der Waals surface area contributed by atoms with Gasteiger partial charge in [0, 0.05) is 24.7 Å². The Balaban J connectivity index is 1.61. The highest BCUT2D eigenvalue weighted by Crippen LogP contribution is 2.31. The summed E-state index contributed by atoms with van der Waals surface area (Å²) in [5.74, 6) is 1.64. The summed E-state index contributed by atoms with van der Waals surface area (Å²) in [6.45, 7) is 5.37. The van der Waals surface area contributed by atoms with Crippen molar-refractivity contribution in [2.75, 3.05) is 26.4 Å². The van der Waals surface area contributed by atoms with Crippen LogP contribution in [0.3, 0.4) is 0 Å². The van der Waals surface area contributed by atoms with E-state index >= 15 is 0 Å². The van der Waals surface area contributed by atoms with Crippen LogP contribution in [-0.4, -0.2) is 42.1 Å². The van der Waals surface area contributed by atoms with Crippen LogP contribution in [0.15, 0.2) is 36.4 Å². The summed E-state index contributed by atoms with van der Waals surface area (Å²) < 4.78 is 16.6. The summed E-state index contributed by atoms with van der Waals surface area (Å²) in [5.41, 5.74) is 1.44. The number of likely N-dealkylation sites (N-methyl/N-ethyl adjacent to an activating group) is 1. The van der Waals surface area contributed by atoms with Gasteiger partial charge < -0.3 is 19.1 Å². The van der Waals surface area contributed by atoms with Gasteiger partial charge in [0.05, 0.1) is 4.92 Å². The quantitative estimate of drug-likeness (QED) is 0.536. The number of amides is 1. The summed E-state index contributed by atoms with van der Waals surface area (Å²) in [6, 6.07) is 10.1. The number of nitrogens with zero attached hydrogens (tertiary/aromatic N) is 2. The minimum atomic E-state index is -0.448. The Labute approximate surface area is 162 Å². The molecule has 0 aliphatic carbocycles. The minimum Gasteiger partial charge on any atom is -0.486 e. The highest BCUT2D eigenvalue weighted by atomic mass is 16.6. The molecule has 0 fully saturated rings. The van der Waals surface area contributed by atoms with Gasteiger partial charge >= 0.3 is 0 Å². The zero-order valence-electron chi connectivity index (χ0n) is 15.8. The summed E-state index contributed by atoms with van der Waals surface area (Å²) in [5, 5.41) is 10.9. The molecule has 8 heteroatoms.